The zero-order valence-electron chi connectivity index (χ0n) is 43.3. The van der Waals surface area contributed by atoms with E-state index in [-0.39, 0.29) is 114 Å². The third-order valence-electron chi connectivity index (χ3n) is 12.0. The Bertz CT molecular complexity index is 2760. The summed E-state index contributed by atoms with van der Waals surface area (Å²) in [5.41, 5.74) is 1.55. The number of aliphatic hydroxyl groups is 1. The molecule has 2 fully saturated rings. The zero-order valence-corrected chi connectivity index (χ0v) is 44.9. The predicted octanol–water partition coefficient (Wildman–Crippen LogP) is 7.34. The van der Waals surface area contributed by atoms with E-state index in [2.05, 4.69) is 23.6 Å². The minimum Gasteiger partial charge on any atom is -0.493 e. The fourth-order valence-electron chi connectivity index (χ4n) is 8.00. The molecular weight excluding hydrogens is 1050 g/mol. The van der Waals surface area contributed by atoms with Gasteiger partial charge in [0.05, 0.1) is 101 Å². The lowest BCUT2D eigenvalue weighted by molar-refractivity contribution is -0.144. The van der Waals surface area contributed by atoms with Gasteiger partial charge in [-0.3, -0.25) is 28.9 Å². The van der Waals surface area contributed by atoms with Crippen LogP contribution in [0.3, 0.4) is 0 Å². The van der Waals surface area contributed by atoms with Crippen LogP contribution in [0.4, 0.5) is 18.0 Å². The molecule has 23 heteroatoms. The van der Waals surface area contributed by atoms with E-state index in [0.29, 0.717) is 11.6 Å². The molecule has 1 aromatic heterocycles. The molecule has 0 saturated carbocycles. The maximum Gasteiger partial charge on any atom is 0.420 e. The number of carbonyl (C=O) groups is 5. The maximum atomic E-state index is 13.9. The standard InChI is InChI=1S/C54H62F3N5O13S2/c1-34-14-25-76-47(34)38-10-6-35(7-11-38)31-59-49(65)41-29-39(63)32-62(41)51(67)48(53(2,3)4)60-46(64)33-74-24-23-73-22-21-72-20-19-71-18-17-70-16-15-61-50(66)45(77-52(61)68)28-36-8-13-43(44(27-36)69-5)75-42-12-9-37(30-58)26-40(42)54(55,56)57/h6-14,25-28,39,41,48,63H,15-24,29,31-33H2,1-5H3,(H,59,65)(H,60,64)/b45-28-/t39-,41?,48-/m1/s1. The molecule has 6 rings (SSSR count). The molecule has 5 amide bonds. The van der Waals surface area contributed by atoms with Crippen LogP contribution < -0.4 is 20.1 Å². The Morgan fingerprint density at radius 1 is 0.857 bits per heavy atom. The lowest BCUT2D eigenvalue weighted by Crippen LogP contribution is -2.58. The number of thiophene rings is 1. The number of β-amino-alcohol motifs (C(OH)–C–C–N with tert-alkyl or cyclic N) is 1. The largest absolute Gasteiger partial charge is 0.493 e. The number of benzene rings is 3. The summed E-state index contributed by atoms with van der Waals surface area (Å²) in [6, 6.07) is 17.0. The van der Waals surface area contributed by atoms with Crippen molar-refractivity contribution in [1.29, 1.82) is 5.26 Å². The quantitative estimate of drug-likeness (QED) is 0.0392. The van der Waals surface area contributed by atoms with Gasteiger partial charge in [0, 0.05) is 24.4 Å². The van der Waals surface area contributed by atoms with Gasteiger partial charge in [-0.15, -0.1) is 11.3 Å². The van der Waals surface area contributed by atoms with Gasteiger partial charge in [0.1, 0.15) is 24.4 Å². The summed E-state index contributed by atoms with van der Waals surface area (Å²) < 4.78 is 79.5. The number of imide groups is 1. The van der Waals surface area contributed by atoms with Crippen LogP contribution in [0.5, 0.6) is 17.2 Å². The van der Waals surface area contributed by atoms with Crippen molar-refractivity contribution in [2.75, 3.05) is 86.3 Å². The number of ether oxygens (including phenoxy) is 7. The number of hydrogen-bond donors (Lipinski definition) is 3. The highest BCUT2D eigenvalue weighted by Gasteiger charge is 2.44. The third kappa shape index (κ3) is 17.3. The Morgan fingerprint density at radius 3 is 2.09 bits per heavy atom. The SMILES string of the molecule is COc1cc(/C=C2\SC(=O)N(CCOCCOCCOCCOCCOCC(=O)N[C@H](C(=O)N3C[C@H](O)CC3C(=O)NCc3ccc(-c4sccc4C)cc3)C(C)(C)C)C2=O)ccc1Oc1ccc(C#N)cc1C(F)(F)F. The van der Waals surface area contributed by atoms with Crippen molar-refractivity contribution < 1.29 is 75.4 Å². The maximum absolute atomic E-state index is 13.9. The second kappa shape index (κ2) is 28.3. The van der Waals surface area contributed by atoms with Crippen molar-refractivity contribution in [2.24, 2.45) is 5.41 Å². The van der Waals surface area contributed by atoms with Gasteiger partial charge in [-0.1, -0.05) is 51.1 Å². The summed E-state index contributed by atoms with van der Waals surface area (Å²) in [7, 11) is 1.30. The van der Waals surface area contributed by atoms with Crippen molar-refractivity contribution >= 4 is 58.0 Å². The van der Waals surface area contributed by atoms with E-state index in [1.54, 1.807) is 38.2 Å². The topological polar surface area (TPSA) is 225 Å². The van der Waals surface area contributed by atoms with Crippen LogP contribution in [0, 0.1) is 23.7 Å². The molecule has 2 aliphatic heterocycles. The summed E-state index contributed by atoms with van der Waals surface area (Å²) in [6.45, 7) is 9.17. The first-order chi connectivity index (χ1) is 36.8. The molecule has 0 spiro atoms. The predicted molar refractivity (Wildman–Crippen MR) is 280 cm³/mol. The number of nitriles is 1. The first-order valence-electron chi connectivity index (χ1n) is 24.6. The molecule has 3 atom stereocenters. The smallest absolute Gasteiger partial charge is 0.420 e. The average molecular weight is 1110 g/mol. The number of thioether (sulfide) groups is 1. The highest BCUT2D eigenvalue weighted by molar-refractivity contribution is 8.18. The lowest BCUT2D eigenvalue weighted by Gasteiger charge is -2.35. The van der Waals surface area contributed by atoms with Crippen molar-refractivity contribution in [3.63, 3.8) is 0 Å². The normalized spacial score (nSPS) is 16.7. The second-order valence-corrected chi connectivity index (χ2v) is 20.7. The van der Waals surface area contributed by atoms with E-state index in [9.17, 15) is 42.3 Å². The molecular formula is C54H62F3N5O13S2. The number of alkyl halides is 3. The average Bonchev–Trinajstić information content (AvgIpc) is 4.10. The van der Waals surface area contributed by atoms with Crippen molar-refractivity contribution in [3.8, 4) is 33.8 Å². The summed E-state index contributed by atoms with van der Waals surface area (Å²) in [4.78, 5) is 69.7. The van der Waals surface area contributed by atoms with Gasteiger partial charge in [-0.2, -0.15) is 18.4 Å². The number of amides is 5. The number of rotatable bonds is 27. The highest BCUT2D eigenvalue weighted by Crippen LogP contribution is 2.42. The fraction of sp³-hybridized carbons (Fsp3) is 0.444. The van der Waals surface area contributed by atoms with E-state index >= 15 is 0 Å². The third-order valence-corrected chi connectivity index (χ3v) is 14.0. The number of carbonyl (C=O) groups excluding carboxylic acids is 5. The lowest BCUT2D eigenvalue weighted by atomic mass is 9.85. The van der Waals surface area contributed by atoms with E-state index in [4.69, 9.17) is 38.4 Å². The molecule has 1 unspecified atom stereocenters. The Kier molecular flexibility index (Phi) is 22.0. The summed E-state index contributed by atoms with van der Waals surface area (Å²) in [5.74, 6) is -2.44. The molecule has 3 aromatic carbocycles. The van der Waals surface area contributed by atoms with E-state index in [1.165, 1.54) is 52.8 Å². The molecule has 18 nitrogen and oxygen atoms in total. The minimum absolute atomic E-state index is 0.00704. The molecule has 2 saturated heterocycles. The monoisotopic (exact) mass is 1110 g/mol. The summed E-state index contributed by atoms with van der Waals surface area (Å²) >= 11 is 2.39. The first-order valence-corrected chi connectivity index (χ1v) is 26.3. The number of hydrogen-bond acceptors (Lipinski definition) is 16. The molecule has 3 heterocycles. The molecule has 414 valence electrons. The van der Waals surface area contributed by atoms with Gasteiger partial charge in [-0.05, 0) is 94.2 Å². The number of nitrogens with one attached hydrogen (secondary N) is 2. The minimum atomic E-state index is -4.79. The Morgan fingerprint density at radius 2 is 1.49 bits per heavy atom. The van der Waals surface area contributed by atoms with Crippen LogP contribution in [0.1, 0.15) is 55.0 Å². The number of aliphatic hydroxyl groups excluding tert-OH is 1. The number of halogens is 3. The van der Waals surface area contributed by atoms with Gasteiger partial charge in [0.25, 0.3) is 11.1 Å². The van der Waals surface area contributed by atoms with Crippen molar-refractivity contribution in [1.82, 2.24) is 20.4 Å². The zero-order chi connectivity index (χ0) is 55.7. The van der Waals surface area contributed by atoms with Gasteiger partial charge in [0.15, 0.2) is 11.5 Å². The Labute approximate surface area is 452 Å². The van der Waals surface area contributed by atoms with E-state index in [0.717, 1.165) is 33.9 Å². The summed E-state index contributed by atoms with van der Waals surface area (Å²) in [6.07, 6.45) is -4.15. The molecule has 0 bridgehead atoms. The Hall–Kier alpha value is -6.36. The number of nitrogens with zero attached hydrogens (tertiary/aromatic N) is 3. The van der Waals surface area contributed by atoms with Crippen LogP contribution >= 0.6 is 23.1 Å². The first kappa shape index (κ1) is 59.9. The second-order valence-electron chi connectivity index (χ2n) is 18.8. The van der Waals surface area contributed by atoms with Crippen LogP contribution in [0.25, 0.3) is 16.5 Å². The molecule has 77 heavy (non-hydrogen) atoms. The van der Waals surface area contributed by atoms with Crippen molar-refractivity contribution in [2.45, 2.75) is 65.0 Å². The number of likely N-dealkylation sites (tertiary alicyclic amines) is 1. The molecule has 3 N–H and O–H groups in total. The van der Waals surface area contributed by atoms with Crippen LogP contribution in [0.15, 0.2) is 77.0 Å². The molecule has 4 aromatic rings. The summed E-state index contributed by atoms with van der Waals surface area (Å²) in [5, 5.41) is 26.8. The van der Waals surface area contributed by atoms with Crippen LogP contribution in [-0.2, 0) is 55.6 Å². The van der Waals surface area contributed by atoms with Gasteiger partial charge in [-0.25, -0.2) is 0 Å². The molecule has 2 aliphatic rings. The van der Waals surface area contributed by atoms with E-state index < -0.39 is 70.0 Å². The molecule has 0 aliphatic carbocycles. The highest BCUT2D eigenvalue weighted by atomic mass is 32.2. The Balaban J connectivity index is 0.796. The molecule has 0 radical (unpaired) electrons. The van der Waals surface area contributed by atoms with E-state index in [1.807, 2.05) is 29.6 Å². The van der Waals surface area contributed by atoms with Crippen molar-refractivity contribution in [3.05, 3.63) is 105 Å². The van der Waals surface area contributed by atoms with Gasteiger partial charge >= 0.3 is 6.18 Å². The number of aryl methyl sites for hydroxylation is 1. The fourth-order valence-corrected chi connectivity index (χ4v) is 9.80. The van der Waals surface area contributed by atoms with Crippen LogP contribution in [-0.4, -0.2) is 148 Å². The number of methoxy groups -OCH3 is 1. The van der Waals surface area contributed by atoms with Gasteiger partial charge < -0.3 is 53.8 Å². The van der Waals surface area contributed by atoms with Gasteiger partial charge in [0.2, 0.25) is 17.7 Å². The van der Waals surface area contributed by atoms with Crippen LogP contribution in [0.2, 0.25) is 0 Å².